The minimum Gasteiger partial charge on any atom is -0.506 e. The predicted molar refractivity (Wildman–Crippen MR) is 88.0 cm³/mol. The molecule has 22 heavy (non-hydrogen) atoms. The number of nitrogens with one attached hydrogen (secondary N) is 1. The first-order chi connectivity index (χ1) is 10.6. The van der Waals surface area contributed by atoms with Gasteiger partial charge in [-0.3, -0.25) is 4.79 Å². The molecule has 0 radical (unpaired) electrons. The van der Waals surface area contributed by atoms with Crippen molar-refractivity contribution < 1.29 is 9.90 Å². The number of phenols is 1. The average Bonchev–Trinajstić information content (AvgIpc) is 2.92. The smallest absolute Gasteiger partial charge is 0.226 e. The molecule has 0 aliphatic rings. The fourth-order valence-corrected chi connectivity index (χ4v) is 2.52. The lowest BCUT2D eigenvalue weighted by molar-refractivity contribution is -0.116. The lowest BCUT2D eigenvalue weighted by Gasteiger charge is -2.09. The molecule has 2 N–H and O–H groups in total. The maximum absolute atomic E-state index is 12.1. The topological polar surface area (TPSA) is 54.3 Å². The molecule has 112 valence electrons. The summed E-state index contributed by atoms with van der Waals surface area (Å²) in [5.41, 5.74) is 2.57. The number of aromatic hydroxyl groups is 1. The molecule has 1 heterocycles. The zero-order valence-corrected chi connectivity index (χ0v) is 12.4. The van der Waals surface area contributed by atoms with Gasteiger partial charge in [-0.15, -0.1) is 0 Å². The van der Waals surface area contributed by atoms with Crippen molar-refractivity contribution >= 4 is 22.5 Å². The molecule has 1 amide bonds. The highest BCUT2D eigenvalue weighted by Gasteiger charge is 2.08. The molecule has 0 unspecified atom stereocenters. The quantitative estimate of drug-likeness (QED) is 0.721. The number of amides is 1. The molecular weight excluding hydrogens is 276 g/mol. The highest BCUT2D eigenvalue weighted by atomic mass is 16.3. The molecule has 1 aromatic heterocycles. The summed E-state index contributed by atoms with van der Waals surface area (Å²) in [6.07, 6.45) is 2.34. The molecule has 2 aromatic carbocycles. The number of carbonyl (C=O) groups is 1. The van der Waals surface area contributed by atoms with E-state index in [1.807, 2.05) is 37.4 Å². The Labute approximate surface area is 129 Å². The van der Waals surface area contributed by atoms with Crippen molar-refractivity contribution in [1.82, 2.24) is 4.57 Å². The Morgan fingerprint density at radius 2 is 2.00 bits per heavy atom. The summed E-state index contributed by atoms with van der Waals surface area (Å²) in [6.45, 7) is 2.52. The van der Waals surface area contributed by atoms with Gasteiger partial charge < -0.3 is 15.0 Å². The molecule has 0 atom stereocenters. The van der Waals surface area contributed by atoms with Crippen LogP contribution >= 0.6 is 0 Å². The molecule has 0 bridgehead atoms. The minimum absolute atomic E-state index is 0.0883. The van der Waals surface area contributed by atoms with Crippen molar-refractivity contribution in [3.8, 4) is 5.75 Å². The van der Waals surface area contributed by atoms with Crippen molar-refractivity contribution in [2.45, 2.75) is 19.9 Å². The number of benzene rings is 2. The molecule has 0 fully saturated rings. The number of phenolic OH excluding ortho intramolecular Hbond substituents is 1. The summed E-state index contributed by atoms with van der Waals surface area (Å²) in [5, 5.41) is 13.7. The zero-order chi connectivity index (χ0) is 15.5. The summed E-state index contributed by atoms with van der Waals surface area (Å²) in [4.78, 5) is 12.1. The lowest BCUT2D eigenvalue weighted by Crippen LogP contribution is -2.14. The maximum Gasteiger partial charge on any atom is 0.226 e. The average molecular weight is 294 g/mol. The monoisotopic (exact) mass is 294 g/mol. The van der Waals surface area contributed by atoms with E-state index >= 15 is 0 Å². The van der Waals surface area contributed by atoms with Crippen molar-refractivity contribution in [1.29, 1.82) is 0 Å². The minimum atomic E-state index is -0.112. The predicted octanol–water partition coefficient (Wildman–Crippen LogP) is 3.68. The van der Waals surface area contributed by atoms with Gasteiger partial charge in [0, 0.05) is 24.7 Å². The number of carbonyl (C=O) groups excluding carboxylic acids is 1. The van der Waals surface area contributed by atoms with E-state index < -0.39 is 0 Å². The summed E-state index contributed by atoms with van der Waals surface area (Å²) >= 11 is 0. The Kier molecular flexibility index (Phi) is 3.83. The summed E-state index contributed by atoms with van der Waals surface area (Å²) in [6, 6.07) is 15.3. The Balaban J connectivity index is 1.66. The van der Waals surface area contributed by atoms with E-state index in [4.69, 9.17) is 0 Å². The van der Waals surface area contributed by atoms with Crippen LogP contribution in [0.3, 0.4) is 0 Å². The lowest BCUT2D eigenvalue weighted by atomic mass is 10.2. The van der Waals surface area contributed by atoms with Gasteiger partial charge in [0.2, 0.25) is 5.91 Å². The van der Waals surface area contributed by atoms with Crippen LogP contribution in [0.1, 0.15) is 12.0 Å². The van der Waals surface area contributed by atoms with Gasteiger partial charge in [0.25, 0.3) is 0 Å². The SMILES string of the molecule is Cc1ccc(O)c(NC(=O)CCn2ccc3ccccc32)c1. The largest absolute Gasteiger partial charge is 0.506 e. The Hall–Kier alpha value is -2.75. The van der Waals surface area contributed by atoms with Crippen LogP contribution in [0.5, 0.6) is 5.75 Å². The van der Waals surface area contributed by atoms with E-state index in [9.17, 15) is 9.90 Å². The van der Waals surface area contributed by atoms with Gasteiger partial charge in [-0.25, -0.2) is 0 Å². The highest BCUT2D eigenvalue weighted by Crippen LogP contribution is 2.24. The molecule has 4 heteroatoms. The second kappa shape index (κ2) is 5.93. The third kappa shape index (κ3) is 2.96. The van der Waals surface area contributed by atoms with E-state index in [0.717, 1.165) is 11.1 Å². The number of para-hydroxylation sites is 1. The Morgan fingerprint density at radius 3 is 2.86 bits per heavy atom. The number of rotatable bonds is 4. The first-order valence-corrected chi connectivity index (χ1v) is 7.27. The number of anilines is 1. The second-order valence-corrected chi connectivity index (χ2v) is 5.39. The highest BCUT2D eigenvalue weighted by molar-refractivity contribution is 5.92. The van der Waals surface area contributed by atoms with Crippen molar-refractivity contribution in [3.05, 3.63) is 60.3 Å². The van der Waals surface area contributed by atoms with Gasteiger partial charge in [0.15, 0.2) is 0 Å². The summed E-state index contributed by atoms with van der Waals surface area (Å²) in [5.74, 6) is -0.0240. The molecule has 0 saturated heterocycles. The molecule has 3 rings (SSSR count). The molecule has 4 nitrogen and oxygen atoms in total. The van der Waals surface area contributed by atoms with Gasteiger partial charge in [-0.05, 0) is 42.1 Å². The standard InChI is InChI=1S/C18H18N2O2/c1-13-6-7-17(21)15(12-13)19-18(22)9-11-20-10-8-14-4-2-3-5-16(14)20/h2-8,10,12,21H,9,11H2,1H3,(H,19,22). The number of nitrogens with zero attached hydrogens (tertiary/aromatic N) is 1. The molecular formula is C18H18N2O2. The van der Waals surface area contributed by atoms with E-state index in [1.54, 1.807) is 18.2 Å². The van der Waals surface area contributed by atoms with Crippen LogP contribution in [-0.2, 0) is 11.3 Å². The first-order valence-electron chi connectivity index (χ1n) is 7.27. The van der Waals surface area contributed by atoms with Gasteiger partial charge in [0.05, 0.1) is 5.69 Å². The second-order valence-electron chi connectivity index (χ2n) is 5.39. The molecule has 0 aliphatic carbocycles. The third-order valence-electron chi connectivity index (χ3n) is 3.69. The Morgan fingerprint density at radius 1 is 1.18 bits per heavy atom. The van der Waals surface area contributed by atoms with Crippen LogP contribution in [0.2, 0.25) is 0 Å². The van der Waals surface area contributed by atoms with Gasteiger partial charge in [0.1, 0.15) is 5.75 Å². The number of hydrogen-bond donors (Lipinski definition) is 2. The van der Waals surface area contributed by atoms with Crippen LogP contribution in [0, 0.1) is 6.92 Å². The molecule has 0 spiro atoms. The van der Waals surface area contributed by atoms with Crippen molar-refractivity contribution in [3.63, 3.8) is 0 Å². The zero-order valence-electron chi connectivity index (χ0n) is 12.4. The van der Waals surface area contributed by atoms with Gasteiger partial charge >= 0.3 is 0 Å². The summed E-state index contributed by atoms with van der Waals surface area (Å²) < 4.78 is 2.06. The number of aromatic nitrogens is 1. The van der Waals surface area contributed by atoms with E-state index in [1.165, 1.54) is 5.39 Å². The van der Waals surface area contributed by atoms with Crippen molar-refractivity contribution in [2.24, 2.45) is 0 Å². The summed E-state index contributed by atoms with van der Waals surface area (Å²) in [7, 11) is 0. The first kappa shape index (κ1) is 14.2. The Bertz CT molecular complexity index is 821. The number of aryl methyl sites for hydroxylation is 2. The van der Waals surface area contributed by atoms with Gasteiger partial charge in [-0.1, -0.05) is 24.3 Å². The molecule has 0 saturated carbocycles. The molecule has 0 aliphatic heterocycles. The van der Waals surface area contributed by atoms with E-state index in [-0.39, 0.29) is 11.7 Å². The van der Waals surface area contributed by atoms with Crippen LogP contribution in [0.15, 0.2) is 54.7 Å². The van der Waals surface area contributed by atoms with Crippen molar-refractivity contribution in [2.75, 3.05) is 5.32 Å². The normalized spacial score (nSPS) is 10.8. The van der Waals surface area contributed by atoms with Crippen LogP contribution in [-0.4, -0.2) is 15.6 Å². The van der Waals surface area contributed by atoms with Crippen LogP contribution < -0.4 is 5.32 Å². The molecule has 3 aromatic rings. The van der Waals surface area contributed by atoms with Crippen LogP contribution in [0.4, 0.5) is 5.69 Å². The maximum atomic E-state index is 12.1. The number of hydrogen-bond acceptors (Lipinski definition) is 2. The fraction of sp³-hybridized carbons (Fsp3) is 0.167. The number of fused-ring (bicyclic) bond motifs is 1. The fourth-order valence-electron chi connectivity index (χ4n) is 2.52. The van der Waals surface area contributed by atoms with Gasteiger partial charge in [-0.2, -0.15) is 0 Å². The van der Waals surface area contributed by atoms with E-state index in [2.05, 4.69) is 16.0 Å². The van der Waals surface area contributed by atoms with E-state index in [0.29, 0.717) is 18.7 Å². The third-order valence-corrected chi connectivity index (χ3v) is 3.69. The van der Waals surface area contributed by atoms with Crippen LogP contribution in [0.25, 0.3) is 10.9 Å².